The molecular formula is C9H13N. The van der Waals surface area contributed by atoms with Gasteiger partial charge in [0.2, 0.25) is 0 Å². The van der Waals surface area contributed by atoms with Gasteiger partial charge >= 0.3 is 0 Å². The second kappa shape index (κ2) is 3.35. The minimum absolute atomic E-state index is 1.15. The van der Waals surface area contributed by atoms with Crippen LogP contribution in [0.15, 0.2) is 28.4 Å². The van der Waals surface area contributed by atoms with E-state index in [4.69, 9.17) is 0 Å². The number of nitrogens with zero attached hydrogens (tertiary/aromatic N) is 1. The van der Waals surface area contributed by atoms with E-state index < -0.39 is 0 Å². The molecule has 1 aliphatic heterocycles. The Morgan fingerprint density at radius 2 is 2.20 bits per heavy atom. The maximum absolute atomic E-state index is 4.23. The van der Waals surface area contributed by atoms with Gasteiger partial charge in [-0.05, 0) is 32.8 Å². The highest BCUT2D eigenvalue weighted by Gasteiger charge is 1.94. The second-order valence-corrected chi connectivity index (χ2v) is 2.61. The third-order valence-corrected chi connectivity index (χ3v) is 1.79. The lowest BCUT2D eigenvalue weighted by Gasteiger charge is -2.02. The smallest absolute Gasteiger partial charge is 0.0361 e. The summed E-state index contributed by atoms with van der Waals surface area (Å²) in [5.41, 5.74) is 2.57. The number of aliphatic imine (C=N–C) groups is 1. The topological polar surface area (TPSA) is 12.4 Å². The van der Waals surface area contributed by atoms with Gasteiger partial charge < -0.3 is 0 Å². The van der Waals surface area contributed by atoms with Crippen LogP contribution in [0.5, 0.6) is 0 Å². The summed E-state index contributed by atoms with van der Waals surface area (Å²) in [6, 6.07) is 0. The summed E-state index contributed by atoms with van der Waals surface area (Å²) in [6.45, 7) is 4.21. The van der Waals surface area contributed by atoms with Crippen LogP contribution in [-0.2, 0) is 0 Å². The normalized spacial score (nSPS) is 19.0. The summed E-state index contributed by atoms with van der Waals surface area (Å²) >= 11 is 0. The molecule has 0 amide bonds. The molecule has 0 saturated heterocycles. The van der Waals surface area contributed by atoms with Gasteiger partial charge in [-0.15, -0.1) is 0 Å². The molecule has 54 valence electrons. The number of hydrogen-bond donors (Lipinski definition) is 0. The predicted octanol–water partition coefficient (Wildman–Crippen LogP) is 2.70. The van der Waals surface area contributed by atoms with Crippen LogP contribution in [0, 0.1) is 0 Å². The van der Waals surface area contributed by atoms with Crippen LogP contribution in [0.1, 0.15) is 26.7 Å². The molecule has 10 heavy (non-hydrogen) atoms. The van der Waals surface area contributed by atoms with Crippen molar-refractivity contribution in [2.24, 2.45) is 4.99 Å². The van der Waals surface area contributed by atoms with Gasteiger partial charge in [-0.3, -0.25) is 4.99 Å². The molecule has 0 radical (unpaired) electrons. The molecule has 1 aliphatic rings. The van der Waals surface area contributed by atoms with E-state index in [9.17, 15) is 0 Å². The Labute approximate surface area is 62.2 Å². The minimum atomic E-state index is 1.15. The van der Waals surface area contributed by atoms with Crippen molar-refractivity contribution in [3.05, 3.63) is 23.4 Å². The van der Waals surface area contributed by atoms with Crippen molar-refractivity contribution in [3.63, 3.8) is 0 Å². The third-order valence-electron chi connectivity index (χ3n) is 1.79. The van der Waals surface area contributed by atoms with Gasteiger partial charge in [0.25, 0.3) is 0 Å². The molecule has 0 fully saturated rings. The van der Waals surface area contributed by atoms with E-state index in [1.54, 1.807) is 0 Å². The average molecular weight is 135 g/mol. The molecule has 0 aromatic carbocycles. The van der Waals surface area contributed by atoms with E-state index in [1.165, 1.54) is 11.3 Å². The van der Waals surface area contributed by atoms with Crippen molar-refractivity contribution in [1.82, 2.24) is 0 Å². The molecular weight excluding hydrogens is 122 g/mol. The van der Waals surface area contributed by atoms with Crippen LogP contribution >= 0.6 is 0 Å². The van der Waals surface area contributed by atoms with E-state index in [2.05, 4.69) is 24.9 Å². The molecule has 0 N–H and O–H groups in total. The van der Waals surface area contributed by atoms with Gasteiger partial charge in [-0.25, -0.2) is 0 Å². The highest BCUT2D eigenvalue weighted by atomic mass is 14.7. The van der Waals surface area contributed by atoms with E-state index in [-0.39, 0.29) is 0 Å². The van der Waals surface area contributed by atoms with Crippen LogP contribution < -0.4 is 0 Å². The fourth-order valence-corrected chi connectivity index (χ4v) is 0.903. The van der Waals surface area contributed by atoms with E-state index >= 15 is 0 Å². The molecule has 0 aliphatic carbocycles. The summed E-state index contributed by atoms with van der Waals surface area (Å²) in [5, 5.41) is 0. The zero-order valence-corrected chi connectivity index (χ0v) is 6.59. The van der Waals surface area contributed by atoms with Crippen molar-refractivity contribution < 1.29 is 0 Å². The van der Waals surface area contributed by atoms with Crippen LogP contribution in [0.4, 0.5) is 0 Å². The van der Waals surface area contributed by atoms with Crippen molar-refractivity contribution in [1.29, 1.82) is 0 Å². The fraction of sp³-hybridized carbons (Fsp3) is 0.444. The average Bonchev–Trinajstić information content (AvgIpc) is 1.92. The summed E-state index contributed by atoms with van der Waals surface area (Å²) in [4.78, 5) is 4.23. The van der Waals surface area contributed by atoms with Gasteiger partial charge in [-0.2, -0.15) is 0 Å². The Hall–Kier alpha value is -0.850. The fourth-order valence-electron chi connectivity index (χ4n) is 0.903. The van der Waals surface area contributed by atoms with Gasteiger partial charge in [-0.1, -0.05) is 11.6 Å². The summed E-state index contributed by atoms with van der Waals surface area (Å²) in [6.07, 6.45) is 8.32. The molecule has 1 heteroatoms. The summed E-state index contributed by atoms with van der Waals surface area (Å²) in [5.74, 6) is 0. The summed E-state index contributed by atoms with van der Waals surface area (Å²) in [7, 11) is 0. The van der Waals surface area contributed by atoms with E-state index in [1.807, 2.05) is 12.3 Å². The van der Waals surface area contributed by atoms with Crippen LogP contribution in [0.25, 0.3) is 0 Å². The van der Waals surface area contributed by atoms with Crippen molar-refractivity contribution in [2.45, 2.75) is 26.7 Å². The molecule has 0 spiro atoms. The van der Waals surface area contributed by atoms with Gasteiger partial charge in [0, 0.05) is 11.9 Å². The molecule has 1 rings (SSSR count). The maximum atomic E-state index is 4.23. The molecule has 0 saturated carbocycles. The van der Waals surface area contributed by atoms with Crippen molar-refractivity contribution in [2.75, 3.05) is 0 Å². The molecule has 0 unspecified atom stereocenters. The minimum Gasteiger partial charge on any atom is -0.262 e. The van der Waals surface area contributed by atoms with Crippen LogP contribution in [0.2, 0.25) is 0 Å². The van der Waals surface area contributed by atoms with Crippen molar-refractivity contribution in [3.8, 4) is 0 Å². The highest BCUT2D eigenvalue weighted by Crippen LogP contribution is 2.12. The van der Waals surface area contributed by atoms with Gasteiger partial charge in [0.1, 0.15) is 0 Å². The zero-order chi connectivity index (χ0) is 7.40. The molecule has 1 heterocycles. The maximum Gasteiger partial charge on any atom is 0.0361 e. The first-order valence-corrected chi connectivity index (χ1v) is 3.66. The van der Waals surface area contributed by atoms with E-state index in [0.717, 1.165) is 12.8 Å². The first-order valence-electron chi connectivity index (χ1n) is 3.66. The third kappa shape index (κ3) is 1.83. The van der Waals surface area contributed by atoms with Crippen molar-refractivity contribution >= 4 is 6.21 Å². The molecule has 1 nitrogen and oxygen atoms in total. The first-order chi connectivity index (χ1) is 4.80. The highest BCUT2D eigenvalue weighted by molar-refractivity contribution is 5.72. The lowest BCUT2D eigenvalue weighted by Crippen LogP contribution is -1.84. The molecule has 0 bridgehead atoms. The quantitative estimate of drug-likeness (QED) is 0.484. The van der Waals surface area contributed by atoms with Crippen LogP contribution in [0.3, 0.4) is 0 Å². The Balaban J connectivity index is 2.79. The Morgan fingerprint density at radius 1 is 1.40 bits per heavy atom. The lowest BCUT2D eigenvalue weighted by molar-refractivity contribution is 0.945. The SMILES string of the molecule is CC1=C(C)N=CC=CCC1. The van der Waals surface area contributed by atoms with Crippen LogP contribution in [-0.4, -0.2) is 6.21 Å². The second-order valence-electron chi connectivity index (χ2n) is 2.61. The largest absolute Gasteiger partial charge is 0.262 e. The lowest BCUT2D eigenvalue weighted by atomic mass is 10.1. The summed E-state index contributed by atoms with van der Waals surface area (Å²) < 4.78 is 0. The van der Waals surface area contributed by atoms with Gasteiger partial charge in [0.15, 0.2) is 0 Å². The number of hydrogen-bond acceptors (Lipinski definition) is 1. The molecule has 0 aromatic heterocycles. The molecule has 0 atom stereocenters. The molecule has 0 aromatic rings. The Morgan fingerprint density at radius 3 is 3.00 bits per heavy atom. The standard InChI is InChI=1S/C9H13N/c1-8-6-4-3-5-7-10-9(8)2/h3,5,7H,4,6H2,1-2H3. The number of rotatable bonds is 0. The Kier molecular flexibility index (Phi) is 2.43. The zero-order valence-electron chi connectivity index (χ0n) is 6.59. The predicted molar refractivity (Wildman–Crippen MR) is 45.2 cm³/mol. The van der Waals surface area contributed by atoms with Gasteiger partial charge in [0.05, 0.1) is 0 Å². The monoisotopic (exact) mass is 135 g/mol. The van der Waals surface area contributed by atoms with E-state index in [0.29, 0.717) is 0 Å². The number of allylic oxidation sites excluding steroid dienone is 4. The first kappa shape index (κ1) is 7.26. The Bertz CT molecular complexity index is 197.